The van der Waals surface area contributed by atoms with Crippen molar-refractivity contribution in [1.82, 2.24) is 10.2 Å². The lowest BCUT2D eigenvalue weighted by molar-refractivity contribution is -0.132. The zero-order valence-corrected chi connectivity index (χ0v) is 14.4. The molecule has 21 heavy (non-hydrogen) atoms. The minimum atomic E-state index is -0.0113. The van der Waals surface area contributed by atoms with Crippen molar-refractivity contribution >= 4 is 29.0 Å². The molecule has 1 aliphatic carbocycles. The number of nitrogens with one attached hydrogen (secondary N) is 1. The molecule has 0 radical (unpaired) electrons. The Morgan fingerprint density at radius 2 is 2.29 bits per heavy atom. The average molecular weight is 325 g/mol. The number of amides is 1. The van der Waals surface area contributed by atoms with Crippen LogP contribution in [0, 0.1) is 0 Å². The van der Waals surface area contributed by atoms with Crippen molar-refractivity contribution in [2.75, 3.05) is 5.75 Å². The molecular formula is C16H24N2OS2. The van der Waals surface area contributed by atoms with Crippen LogP contribution >= 0.6 is 23.1 Å². The van der Waals surface area contributed by atoms with Crippen LogP contribution in [0.2, 0.25) is 0 Å². The van der Waals surface area contributed by atoms with Gasteiger partial charge in [-0.15, -0.1) is 0 Å². The van der Waals surface area contributed by atoms with E-state index in [1.807, 2.05) is 11.8 Å². The van der Waals surface area contributed by atoms with Crippen molar-refractivity contribution in [1.29, 1.82) is 0 Å². The number of hydrogen-bond donors (Lipinski definition) is 1. The first-order valence-electron chi connectivity index (χ1n) is 7.98. The molecule has 1 aromatic rings. The van der Waals surface area contributed by atoms with E-state index >= 15 is 0 Å². The summed E-state index contributed by atoms with van der Waals surface area (Å²) < 4.78 is 0. The van der Waals surface area contributed by atoms with Crippen LogP contribution in [-0.4, -0.2) is 33.9 Å². The fourth-order valence-electron chi connectivity index (χ4n) is 3.62. The summed E-state index contributed by atoms with van der Waals surface area (Å²) in [4.78, 5) is 15.0. The van der Waals surface area contributed by atoms with Gasteiger partial charge in [0.05, 0.1) is 6.04 Å². The van der Waals surface area contributed by atoms with Crippen LogP contribution in [0.15, 0.2) is 16.8 Å². The van der Waals surface area contributed by atoms with Crippen molar-refractivity contribution in [3.8, 4) is 0 Å². The second kappa shape index (κ2) is 6.71. The smallest absolute Gasteiger partial charge is 0.241 e. The van der Waals surface area contributed by atoms with E-state index < -0.39 is 0 Å². The lowest BCUT2D eigenvalue weighted by Crippen LogP contribution is -2.43. The van der Waals surface area contributed by atoms with Gasteiger partial charge in [-0.25, -0.2) is 0 Å². The SMILES string of the molecule is CCSC1CCCC1N1C(=O)C(CC)NC1c1ccsc1. The first-order valence-corrected chi connectivity index (χ1v) is 9.97. The molecule has 4 atom stereocenters. The van der Waals surface area contributed by atoms with E-state index in [1.54, 1.807) is 11.3 Å². The first kappa shape index (κ1) is 15.4. The molecule has 2 aliphatic rings. The van der Waals surface area contributed by atoms with Crippen LogP contribution in [0.4, 0.5) is 0 Å². The predicted octanol–water partition coefficient (Wildman–Crippen LogP) is 3.63. The maximum absolute atomic E-state index is 12.8. The fourth-order valence-corrected chi connectivity index (χ4v) is 5.55. The normalized spacial score (nSPS) is 33.0. The number of thioether (sulfide) groups is 1. The van der Waals surface area contributed by atoms with Crippen molar-refractivity contribution in [2.45, 2.75) is 63.0 Å². The van der Waals surface area contributed by atoms with Gasteiger partial charge in [0.2, 0.25) is 5.91 Å². The standard InChI is InChI=1S/C16H24N2OS2/c1-3-12-16(19)18(13-6-5-7-14(13)21-4-2)15(17-12)11-8-9-20-10-11/h8-10,12-15,17H,3-7H2,1-2H3. The molecule has 1 aromatic heterocycles. The van der Waals surface area contributed by atoms with E-state index in [9.17, 15) is 4.79 Å². The molecule has 1 amide bonds. The largest absolute Gasteiger partial charge is 0.317 e. The second-order valence-corrected chi connectivity index (χ2v) is 8.12. The lowest BCUT2D eigenvalue weighted by Gasteiger charge is -2.33. The Bertz CT molecular complexity index is 477. The number of nitrogens with zero attached hydrogens (tertiary/aromatic N) is 1. The molecule has 0 spiro atoms. The molecule has 116 valence electrons. The summed E-state index contributed by atoms with van der Waals surface area (Å²) in [5.74, 6) is 1.44. The van der Waals surface area contributed by atoms with Gasteiger partial charge in [0.1, 0.15) is 6.17 Å². The Labute approximate surface area is 135 Å². The van der Waals surface area contributed by atoms with Gasteiger partial charge in [-0.2, -0.15) is 23.1 Å². The van der Waals surface area contributed by atoms with Gasteiger partial charge in [-0.3, -0.25) is 10.1 Å². The second-order valence-electron chi connectivity index (χ2n) is 5.82. The molecule has 1 N–H and O–H groups in total. The Morgan fingerprint density at radius 3 is 2.95 bits per heavy atom. The highest BCUT2D eigenvalue weighted by Crippen LogP contribution is 2.39. The van der Waals surface area contributed by atoms with E-state index in [1.165, 1.54) is 18.4 Å². The van der Waals surface area contributed by atoms with Gasteiger partial charge >= 0.3 is 0 Å². The van der Waals surface area contributed by atoms with Crippen molar-refractivity contribution < 1.29 is 4.79 Å². The summed E-state index contributed by atoms with van der Waals surface area (Å²) in [6.07, 6.45) is 4.60. The number of rotatable bonds is 5. The van der Waals surface area contributed by atoms with Gasteiger partial charge in [-0.1, -0.05) is 20.3 Å². The highest BCUT2D eigenvalue weighted by atomic mass is 32.2. The summed E-state index contributed by atoms with van der Waals surface area (Å²) in [6, 6.07) is 2.54. The Balaban J connectivity index is 1.87. The quantitative estimate of drug-likeness (QED) is 0.897. The molecule has 0 bridgehead atoms. The van der Waals surface area contributed by atoms with Crippen LogP contribution in [0.3, 0.4) is 0 Å². The van der Waals surface area contributed by atoms with Gasteiger partial charge < -0.3 is 4.90 Å². The lowest BCUT2D eigenvalue weighted by atomic mass is 10.1. The summed E-state index contributed by atoms with van der Waals surface area (Å²) in [5, 5.41) is 8.44. The summed E-state index contributed by atoms with van der Waals surface area (Å²) in [6.45, 7) is 4.31. The molecule has 3 nitrogen and oxygen atoms in total. The van der Waals surface area contributed by atoms with Crippen LogP contribution in [0.25, 0.3) is 0 Å². The molecule has 5 heteroatoms. The molecule has 1 saturated heterocycles. The Morgan fingerprint density at radius 1 is 1.43 bits per heavy atom. The number of carbonyl (C=O) groups is 1. The monoisotopic (exact) mass is 324 g/mol. The minimum absolute atomic E-state index is 0.0113. The molecule has 3 rings (SSSR count). The third-order valence-corrected chi connectivity index (χ3v) is 6.63. The maximum atomic E-state index is 12.8. The van der Waals surface area contributed by atoms with Gasteiger partial charge in [0.15, 0.2) is 0 Å². The molecule has 2 heterocycles. The van der Waals surface area contributed by atoms with Crippen molar-refractivity contribution in [2.24, 2.45) is 0 Å². The van der Waals surface area contributed by atoms with Gasteiger partial charge in [0, 0.05) is 11.3 Å². The molecular weight excluding hydrogens is 300 g/mol. The van der Waals surface area contributed by atoms with E-state index in [4.69, 9.17) is 0 Å². The topological polar surface area (TPSA) is 32.3 Å². The zero-order valence-electron chi connectivity index (χ0n) is 12.7. The fraction of sp³-hybridized carbons (Fsp3) is 0.688. The third kappa shape index (κ3) is 2.88. The van der Waals surface area contributed by atoms with E-state index in [0.29, 0.717) is 17.2 Å². The maximum Gasteiger partial charge on any atom is 0.241 e. The van der Waals surface area contributed by atoms with Crippen LogP contribution in [-0.2, 0) is 4.79 Å². The first-order chi connectivity index (χ1) is 10.3. The average Bonchev–Trinajstić information content (AvgIpc) is 3.18. The van der Waals surface area contributed by atoms with Crippen LogP contribution < -0.4 is 5.32 Å². The van der Waals surface area contributed by atoms with E-state index in [2.05, 4.69) is 40.9 Å². The summed E-state index contributed by atoms with van der Waals surface area (Å²) in [7, 11) is 0. The molecule has 1 aliphatic heterocycles. The van der Waals surface area contributed by atoms with Gasteiger partial charge in [-0.05, 0) is 47.4 Å². The predicted molar refractivity (Wildman–Crippen MR) is 90.7 cm³/mol. The minimum Gasteiger partial charge on any atom is -0.317 e. The van der Waals surface area contributed by atoms with E-state index in [0.717, 1.165) is 18.6 Å². The Kier molecular flexibility index (Phi) is 4.92. The van der Waals surface area contributed by atoms with Gasteiger partial charge in [0.25, 0.3) is 0 Å². The number of thiophene rings is 1. The summed E-state index contributed by atoms with van der Waals surface area (Å²) in [5.41, 5.74) is 1.25. The Hall–Kier alpha value is -0.520. The van der Waals surface area contributed by atoms with E-state index in [-0.39, 0.29) is 12.2 Å². The van der Waals surface area contributed by atoms with Crippen LogP contribution in [0.1, 0.15) is 51.3 Å². The zero-order chi connectivity index (χ0) is 14.8. The molecule has 1 saturated carbocycles. The molecule has 0 aromatic carbocycles. The highest BCUT2D eigenvalue weighted by molar-refractivity contribution is 7.99. The van der Waals surface area contributed by atoms with Crippen LogP contribution in [0.5, 0.6) is 0 Å². The van der Waals surface area contributed by atoms with Crippen molar-refractivity contribution in [3.05, 3.63) is 22.4 Å². The van der Waals surface area contributed by atoms with Crippen molar-refractivity contribution in [3.63, 3.8) is 0 Å². The highest BCUT2D eigenvalue weighted by Gasteiger charge is 2.46. The molecule has 2 fully saturated rings. The number of carbonyl (C=O) groups excluding carboxylic acids is 1. The summed E-state index contributed by atoms with van der Waals surface area (Å²) >= 11 is 3.73. The third-order valence-electron chi connectivity index (χ3n) is 4.61. The number of hydrogen-bond acceptors (Lipinski definition) is 4. The molecule has 4 unspecified atom stereocenters.